The number of anilines is 1. The van der Waals surface area contributed by atoms with Crippen molar-refractivity contribution in [1.29, 1.82) is 0 Å². The highest BCUT2D eigenvalue weighted by Gasteiger charge is 2.35. The van der Waals surface area contributed by atoms with Crippen molar-refractivity contribution in [2.75, 3.05) is 44.3 Å². The Morgan fingerprint density at radius 2 is 1.82 bits per heavy atom. The van der Waals surface area contributed by atoms with Crippen LogP contribution in [-0.4, -0.2) is 70.9 Å². The van der Waals surface area contributed by atoms with Crippen LogP contribution in [0.3, 0.4) is 0 Å². The van der Waals surface area contributed by atoms with Gasteiger partial charge in [0.15, 0.2) is 0 Å². The van der Waals surface area contributed by atoms with Crippen LogP contribution in [-0.2, 0) is 24.9 Å². The third kappa shape index (κ3) is 3.79. The van der Waals surface area contributed by atoms with Crippen molar-refractivity contribution >= 4 is 22.4 Å². The molecule has 33 heavy (non-hydrogen) atoms. The molecule has 2 aromatic carbocycles. The van der Waals surface area contributed by atoms with Crippen molar-refractivity contribution in [3.8, 4) is 0 Å². The minimum absolute atomic E-state index is 0.199. The number of piperazine rings is 1. The fourth-order valence-electron chi connectivity index (χ4n) is 5.67. The second-order valence-electron chi connectivity index (χ2n) is 9.52. The summed E-state index contributed by atoms with van der Waals surface area (Å²) in [7, 11) is 1.96. The maximum atomic E-state index is 13.4. The number of hydrogen-bond acceptors (Lipinski definition) is 5. The normalized spacial score (nSPS) is 20.1. The smallest absolute Gasteiger partial charge is 0.254 e. The van der Waals surface area contributed by atoms with E-state index in [-0.39, 0.29) is 5.91 Å². The van der Waals surface area contributed by atoms with Crippen LogP contribution in [0.1, 0.15) is 34.3 Å². The molecule has 6 rings (SSSR count). The molecule has 0 atom stereocenters. The first-order valence-electron chi connectivity index (χ1n) is 12.1. The zero-order chi connectivity index (χ0) is 22.4. The summed E-state index contributed by atoms with van der Waals surface area (Å²) in [5, 5.41) is 6.83. The molecule has 3 aliphatic heterocycles. The molecule has 0 aliphatic carbocycles. The van der Waals surface area contributed by atoms with E-state index < -0.39 is 0 Å². The highest BCUT2D eigenvalue weighted by Crippen LogP contribution is 2.35. The number of ether oxygens (including phenoxy) is 1. The van der Waals surface area contributed by atoms with Gasteiger partial charge in [-0.1, -0.05) is 24.3 Å². The number of aryl methyl sites for hydroxylation is 1. The molecule has 2 saturated heterocycles. The predicted octanol–water partition coefficient (Wildman–Crippen LogP) is 3.03. The summed E-state index contributed by atoms with van der Waals surface area (Å²) in [5.41, 5.74) is 4.57. The van der Waals surface area contributed by atoms with Gasteiger partial charge in [0.25, 0.3) is 5.91 Å². The second-order valence-corrected chi connectivity index (χ2v) is 9.52. The summed E-state index contributed by atoms with van der Waals surface area (Å²) in [5.74, 6) is 0.199. The molecule has 0 unspecified atom stereocenters. The van der Waals surface area contributed by atoms with Crippen molar-refractivity contribution in [3.63, 3.8) is 0 Å². The molecule has 2 fully saturated rings. The zero-order valence-corrected chi connectivity index (χ0v) is 19.2. The third-order valence-corrected chi connectivity index (χ3v) is 7.52. The van der Waals surface area contributed by atoms with Crippen LogP contribution in [0.2, 0.25) is 0 Å². The Morgan fingerprint density at radius 3 is 2.55 bits per heavy atom. The summed E-state index contributed by atoms with van der Waals surface area (Å²) in [6.07, 6.45) is 5.90. The van der Waals surface area contributed by atoms with E-state index in [0.29, 0.717) is 6.04 Å². The summed E-state index contributed by atoms with van der Waals surface area (Å²) >= 11 is 0. The highest BCUT2D eigenvalue weighted by molar-refractivity contribution is 6.05. The summed E-state index contributed by atoms with van der Waals surface area (Å²) in [6.45, 7) is 7.09. The van der Waals surface area contributed by atoms with Crippen molar-refractivity contribution in [2.45, 2.75) is 32.0 Å². The molecule has 172 valence electrons. The Morgan fingerprint density at radius 1 is 1.06 bits per heavy atom. The van der Waals surface area contributed by atoms with E-state index in [1.165, 1.54) is 27.6 Å². The number of fused-ring (bicyclic) bond motifs is 3. The van der Waals surface area contributed by atoms with Gasteiger partial charge in [-0.2, -0.15) is 5.10 Å². The van der Waals surface area contributed by atoms with Crippen LogP contribution in [0, 0.1) is 0 Å². The molecular formula is C26H31N5O2. The predicted molar refractivity (Wildman–Crippen MR) is 128 cm³/mol. The topological polar surface area (TPSA) is 53.8 Å². The highest BCUT2D eigenvalue weighted by atomic mass is 16.5. The third-order valence-electron chi connectivity index (χ3n) is 7.52. The molecule has 4 heterocycles. The van der Waals surface area contributed by atoms with Crippen LogP contribution in [0.25, 0.3) is 10.8 Å². The maximum absolute atomic E-state index is 13.4. The molecular weight excluding hydrogens is 414 g/mol. The number of rotatable bonds is 4. The minimum atomic E-state index is 0.199. The van der Waals surface area contributed by atoms with Gasteiger partial charge < -0.3 is 14.5 Å². The van der Waals surface area contributed by atoms with E-state index in [2.05, 4.69) is 56.3 Å². The molecule has 3 aliphatic rings. The van der Waals surface area contributed by atoms with E-state index in [1.54, 1.807) is 0 Å². The summed E-state index contributed by atoms with van der Waals surface area (Å²) < 4.78 is 7.39. The lowest BCUT2D eigenvalue weighted by Gasteiger charge is -2.35. The summed E-state index contributed by atoms with van der Waals surface area (Å²) in [6, 6.07) is 11.1. The lowest BCUT2D eigenvalue weighted by Crippen LogP contribution is -2.45. The van der Waals surface area contributed by atoms with Crippen molar-refractivity contribution in [2.24, 2.45) is 7.05 Å². The number of hydrogen-bond donors (Lipinski definition) is 0. The van der Waals surface area contributed by atoms with E-state index in [4.69, 9.17) is 4.74 Å². The number of aromatic nitrogens is 2. The van der Waals surface area contributed by atoms with Gasteiger partial charge in [0.2, 0.25) is 0 Å². The molecule has 7 heteroatoms. The molecule has 0 bridgehead atoms. The van der Waals surface area contributed by atoms with Gasteiger partial charge in [0.05, 0.1) is 11.9 Å². The van der Waals surface area contributed by atoms with Gasteiger partial charge >= 0.3 is 0 Å². The van der Waals surface area contributed by atoms with Crippen LogP contribution >= 0.6 is 0 Å². The average molecular weight is 446 g/mol. The SMILES string of the molecule is Cn1cc(N2CCN(Cc3cc4c(c5ccccc35)CN(C3CCOCC3)C4=O)CC2)cn1. The monoisotopic (exact) mass is 445 g/mol. The second kappa shape index (κ2) is 8.47. The van der Waals surface area contributed by atoms with Crippen LogP contribution < -0.4 is 4.90 Å². The van der Waals surface area contributed by atoms with Gasteiger partial charge in [0, 0.05) is 77.3 Å². The van der Waals surface area contributed by atoms with E-state index >= 15 is 0 Å². The molecule has 3 aromatic rings. The Balaban J connectivity index is 1.24. The molecule has 0 radical (unpaired) electrons. The molecule has 0 spiro atoms. The van der Waals surface area contributed by atoms with Gasteiger partial charge in [-0.25, -0.2) is 0 Å². The lowest BCUT2D eigenvalue weighted by atomic mass is 9.95. The zero-order valence-electron chi connectivity index (χ0n) is 19.2. The quantitative estimate of drug-likeness (QED) is 0.618. The van der Waals surface area contributed by atoms with E-state index in [9.17, 15) is 4.79 Å². The molecule has 7 nitrogen and oxygen atoms in total. The van der Waals surface area contributed by atoms with Gasteiger partial charge in [-0.15, -0.1) is 0 Å². The van der Waals surface area contributed by atoms with Crippen molar-refractivity contribution in [1.82, 2.24) is 19.6 Å². The average Bonchev–Trinajstić information content (AvgIpc) is 3.44. The molecule has 1 aromatic heterocycles. The Bertz CT molecular complexity index is 1170. The van der Waals surface area contributed by atoms with Crippen molar-refractivity contribution in [3.05, 3.63) is 59.4 Å². The Labute approximate surface area is 194 Å². The van der Waals surface area contributed by atoms with Crippen LogP contribution in [0.5, 0.6) is 0 Å². The Kier molecular flexibility index (Phi) is 5.31. The van der Waals surface area contributed by atoms with Gasteiger partial charge in [-0.05, 0) is 40.8 Å². The number of benzene rings is 2. The van der Waals surface area contributed by atoms with Crippen LogP contribution in [0.15, 0.2) is 42.7 Å². The number of amides is 1. The largest absolute Gasteiger partial charge is 0.381 e. The fraction of sp³-hybridized carbons (Fsp3) is 0.462. The number of carbonyl (C=O) groups excluding carboxylic acids is 1. The van der Waals surface area contributed by atoms with E-state index in [0.717, 1.165) is 70.9 Å². The first-order valence-corrected chi connectivity index (χ1v) is 12.1. The van der Waals surface area contributed by atoms with Gasteiger partial charge in [-0.3, -0.25) is 14.4 Å². The molecule has 0 saturated carbocycles. The number of carbonyl (C=O) groups is 1. The standard InChI is InChI=1S/C26H31N5O2/c1-28-17-21(15-27-28)30-10-8-29(9-11-30)16-19-14-24-25(23-5-3-2-4-22(19)23)18-31(26(24)32)20-6-12-33-13-7-20/h2-5,14-15,17,20H,6-13,16,18H2,1H3. The molecule has 1 amide bonds. The first kappa shape index (κ1) is 20.7. The minimum Gasteiger partial charge on any atom is -0.381 e. The Hall–Kier alpha value is -2.90. The lowest BCUT2D eigenvalue weighted by molar-refractivity contribution is 0.0304. The van der Waals surface area contributed by atoms with Gasteiger partial charge in [0.1, 0.15) is 0 Å². The molecule has 0 N–H and O–H groups in total. The maximum Gasteiger partial charge on any atom is 0.254 e. The van der Waals surface area contributed by atoms with Crippen molar-refractivity contribution < 1.29 is 9.53 Å². The van der Waals surface area contributed by atoms with E-state index in [1.807, 2.05) is 17.9 Å². The first-order chi connectivity index (χ1) is 16.2. The summed E-state index contributed by atoms with van der Waals surface area (Å²) in [4.78, 5) is 20.4. The number of nitrogens with zero attached hydrogens (tertiary/aromatic N) is 5. The van der Waals surface area contributed by atoms with Crippen LogP contribution in [0.4, 0.5) is 5.69 Å². The fourth-order valence-corrected chi connectivity index (χ4v) is 5.67.